The Morgan fingerprint density at radius 1 is 1.33 bits per heavy atom. The average Bonchev–Trinajstić information content (AvgIpc) is 2.37. The van der Waals surface area contributed by atoms with E-state index in [9.17, 15) is 21.6 Å². The SMILES string of the molecule is CCOCCS(=O)(=O)Nc1ccc(C(F)(F)F)cc1CN. The molecule has 0 aromatic heterocycles. The fourth-order valence-corrected chi connectivity index (χ4v) is 2.54. The Kier molecular flexibility index (Phi) is 5.99. The van der Waals surface area contributed by atoms with Gasteiger partial charge in [0.05, 0.1) is 23.6 Å². The lowest BCUT2D eigenvalue weighted by Crippen LogP contribution is -2.21. The summed E-state index contributed by atoms with van der Waals surface area (Å²) in [5.74, 6) is -0.286. The zero-order valence-electron chi connectivity index (χ0n) is 11.4. The first-order valence-electron chi connectivity index (χ1n) is 6.18. The predicted octanol–water partition coefficient (Wildman–Crippen LogP) is 1.94. The van der Waals surface area contributed by atoms with Crippen LogP contribution in [0.1, 0.15) is 18.1 Å². The molecule has 21 heavy (non-hydrogen) atoms. The van der Waals surface area contributed by atoms with Crippen molar-refractivity contribution in [2.75, 3.05) is 23.7 Å². The summed E-state index contributed by atoms with van der Waals surface area (Å²) in [4.78, 5) is 0. The second-order valence-electron chi connectivity index (χ2n) is 4.19. The molecule has 0 bridgehead atoms. The van der Waals surface area contributed by atoms with Gasteiger partial charge in [0.15, 0.2) is 0 Å². The van der Waals surface area contributed by atoms with Crippen molar-refractivity contribution in [2.24, 2.45) is 5.73 Å². The lowest BCUT2D eigenvalue weighted by Gasteiger charge is -2.14. The molecule has 0 saturated carbocycles. The smallest absolute Gasteiger partial charge is 0.381 e. The van der Waals surface area contributed by atoms with Crippen LogP contribution < -0.4 is 10.5 Å². The number of alkyl halides is 3. The molecule has 9 heteroatoms. The Morgan fingerprint density at radius 2 is 2.00 bits per heavy atom. The molecule has 1 rings (SSSR count). The molecule has 1 aromatic rings. The van der Waals surface area contributed by atoms with Crippen molar-refractivity contribution >= 4 is 15.7 Å². The van der Waals surface area contributed by atoms with Crippen molar-refractivity contribution in [1.82, 2.24) is 0 Å². The first-order chi connectivity index (χ1) is 9.69. The largest absolute Gasteiger partial charge is 0.416 e. The molecule has 3 N–H and O–H groups in total. The monoisotopic (exact) mass is 326 g/mol. The number of benzene rings is 1. The van der Waals surface area contributed by atoms with Gasteiger partial charge in [0.1, 0.15) is 0 Å². The molecule has 0 radical (unpaired) electrons. The third-order valence-corrected chi connectivity index (χ3v) is 3.85. The van der Waals surface area contributed by atoms with Crippen LogP contribution in [0.25, 0.3) is 0 Å². The summed E-state index contributed by atoms with van der Waals surface area (Å²) in [5.41, 5.74) is 4.62. The number of anilines is 1. The first kappa shape index (κ1) is 17.7. The van der Waals surface area contributed by atoms with E-state index in [4.69, 9.17) is 10.5 Å². The Morgan fingerprint density at radius 3 is 2.52 bits per heavy atom. The van der Waals surface area contributed by atoms with Crippen LogP contribution in [0.15, 0.2) is 18.2 Å². The molecule has 1 aromatic carbocycles. The van der Waals surface area contributed by atoms with Gasteiger partial charge in [-0.05, 0) is 30.7 Å². The van der Waals surface area contributed by atoms with Gasteiger partial charge in [-0.1, -0.05) is 0 Å². The van der Waals surface area contributed by atoms with Crippen LogP contribution in [0.2, 0.25) is 0 Å². The summed E-state index contributed by atoms with van der Waals surface area (Å²) >= 11 is 0. The Balaban J connectivity index is 2.93. The van der Waals surface area contributed by atoms with Crippen LogP contribution >= 0.6 is 0 Å². The maximum absolute atomic E-state index is 12.6. The average molecular weight is 326 g/mol. The van der Waals surface area contributed by atoms with E-state index in [1.54, 1.807) is 6.92 Å². The minimum Gasteiger partial charge on any atom is -0.381 e. The number of hydrogen-bond acceptors (Lipinski definition) is 4. The minimum atomic E-state index is -4.50. The lowest BCUT2D eigenvalue weighted by atomic mass is 10.1. The quantitative estimate of drug-likeness (QED) is 0.750. The summed E-state index contributed by atoms with van der Waals surface area (Å²) in [6.07, 6.45) is -4.50. The van der Waals surface area contributed by atoms with E-state index >= 15 is 0 Å². The van der Waals surface area contributed by atoms with Gasteiger partial charge in [0.25, 0.3) is 0 Å². The summed E-state index contributed by atoms with van der Waals surface area (Å²) < 4.78 is 68.4. The highest BCUT2D eigenvalue weighted by atomic mass is 32.2. The van der Waals surface area contributed by atoms with Crippen molar-refractivity contribution in [3.05, 3.63) is 29.3 Å². The molecule has 0 aliphatic heterocycles. The van der Waals surface area contributed by atoms with Crippen LogP contribution in [-0.2, 0) is 27.5 Å². The number of nitrogens with one attached hydrogen (secondary N) is 1. The summed E-state index contributed by atoms with van der Waals surface area (Å²) in [5, 5.41) is 0. The zero-order chi connectivity index (χ0) is 16.1. The number of ether oxygens (including phenoxy) is 1. The Bertz CT molecular complexity index is 574. The molecule has 120 valence electrons. The van der Waals surface area contributed by atoms with E-state index in [1.165, 1.54) is 0 Å². The van der Waals surface area contributed by atoms with Crippen LogP contribution in [0, 0.1) is 0 Å². The molecule has 0 atom stereocenters. The van der Waals surface area contributed by atoms with Crippen molar-refractivity contribution in [2.45, 2.75) is 19.6 Å². The van der Waals surface area contributed by atoms with E-state index in [2.05, 4.69) is 4.72 Å². The molecular weight excluding hydrogens is 309 g/mol. The van der Waals surface area contributed by atoms with Gasteiger partial charge in [0.2, 0.25) is 10.0 Å². The van der Waals surface area contributed by atoms with Gasteiger partial charge < -0.3 is 10.5 Å². The molecule has 0 spiro atoms. The normalized spacial score (nSPS) is 12.4. The number of sulfonamides is 1. The fraction of sp³-hybridized carbons (Fsp3) is 0.500. The molecule has 0 saturated heterocycles. The van der Waals surface area contributed by atoms with Crippen molar-refractivity contribution in [3.8, 4) is 0 Å². The Hall–Kier alpha value is -1.32. The number of rotatable bonds is 7. The van der Waals surface area contributed by atoms with E-state index in [-0.39, 0.29) is 30.2 Å². The predicted molar refractivity (Wildman–Crippen MR) is 73.2 cm³/mol. The van der Waals surface area contributed by atoms with Gasteiger partial charge in [0, 0.05) is 13.2 Å². The highest BCUT2D eigenvalue weighted by molar-refractivity contribution is 7.92. The van der Waals surface area contributed by atoms with Gasteiger partial charge >= 0.3 is 6.18 Å². The van der Waals surface area contributed by atoms with Gasteiger partial charge in [-0.2, -0.15) is 13.2 Å². The number of halogens is 3. The van der Waals surface area contributed by atoms with E-state index in [0.717, 1.165) is 18.2 Å². The number of nitrogens with two attached hydrogens (primary N) is 1. The van der Waals surface area contributed by atoms with Crippen LogP contribution in [0.5, 0.6) is 0 Å². The van der Waals surface area contributed by atoms with Gasteiger partial charge in [-0.3, -0.25) is 4.72 Å². The molecule has 0 heterocycles. The lowest BCUT2D eigenvalue weighted by molar-refractivity contribution is -0.137. The molecule has 5 nitrogen and oxygen atoms in total. The minimum absolute atomic E-state index is 0.00439. The molecular formula is C12H17F3N2O3S. The summed E-state index contributed by atoms with van der Waals surface area (Å²) in [7, 11) is -3.70. The third kappa shape index (κ3) is 5.52. The zero-order valence-corrected chi connectivity index (χ0v) is 12.2. The standard InChI is InChI=1S/C12H17F3N2O3S/c1-2-20-5-6-21(18,19)17-11-4-3-10(12(13,14)15)7-9(11)8-16/h3-4,7,17H,2,5-6,8,16H2,1H3. The summed E-state index contributed by atoms with van der Waals surface area (Å²) in [6, 6.07) is 2.70. The molecule has 0 amide bonds. The second-order valence-corrected chi connectivity index (χ2v) is 6.03. The second kappa shape index (κ2) is 7.10. The molecule has 0 aliphatic rings. The van der Waals surface area contributed by atoms with Crippen LogP contribution in [-0.4, -0.2) is 27.4 Å². The number of hydrogen-bond donors (Lipinski definition) is 2. The molecule has 0 fully saturated rings. The maximum Gasteiger partial charge on any atom is 0.416 e. The Labute approximate surface area is 121 Å². The topological polar surface area (TPSA) is 81.4 Å². The van der Waals surface area contributed by atoms with Crippen LogP contribution in [0.4, 0.5) is 18.9 Å². The van der Waals surface area contributed by atoms with Gasteiger partial charge in [-0.15, -0.1) is 0 Å². The van der Waals surface area contributed by atoms with Crippen molar-refractivity contribution in [3.63, 3.8) is 0 Å². The molecule has 0 unspecified atom stereocenters. The highest BCUT2D eigenvalue weighted by Gasteiger charge is 2.31. The molecule has 0 aliphatic carbocycles. The fourth-order valence-electron chi connectivity index (χ4n) is 1.57. The van der Waals surface area contributed by atoms with E-state index < -0.39 is 21.8 Å². The maximum atomic E-state index is 12.6. The van der Waals surface area contributed by atoms with Crippen molar-refractivity contribution in [1.29, 1.82) is 0 Å². The highest BCUT2D eigenvalue weighted by Crippen LogP contribution is 2.32. The first-order valence-corrected chi connectivity index (χ1v) is 7.83. The summed E-state index contributed by atoms with van der Waals surface area (Å²) in [6.45, 7) is 1.89. The van der Waals surface area contributed by atoms with E-state index in [0.29, 0.717) is 6.61 Å². The van der Waals surface area contributed by atoms with Crippen LogP contribution in [0.3, 0.4) is 0 Å². The van der Waals surface area contributed by atoms with Crippen molar-refractivity contribution < 1.29 is 26.3 Å². The van der Waals surface area contributed by atoms with Gasteiger partial charge in [-0.25, -0.2) is 8.42 Å². The van der Waals surface area contributed by atoms with E-state index in [1.807, 2.05) is 0 Å². The third-order valence-electron chi connectivity index (χ3n) is 2.62.